The van der Waals surface area contributed by atoms with Gasteiger partial charge in [0.05, 0.1) is 0 Å². The molecule has 0 aliphatic heterocycles. The maximum Gasteiger partial charge on any atom is 0.306 e. The topological polar surface area (TPSA) is 38.3 Å². The molecule has 0 aliphatic carbocycles. The van der Waals surface area contributed by atoms with E-state index in [1.807, 2.05) is 27.8 Å². The average molecular weight is 201 g/mol. The molecule has 0 aromatic carbocycles. The van der Waals surface area contributed by atoms with E-state index in [4.69, 9.17) is 4.74 Å². The van der Waals surface area contributed by atoms with Crippen LogP contribution < -0.4 is 5.32 Å². The molecule has 0 fully saturated rings. The third kappa shape index (κ3) is 9.52. The van der Waals surface area contributed by atoms with Crippen LogP contribution in [0.15, 0.2) is 0 Å². The Hall–Kier alpha value is -0.570. The lowest BCUT2D eigenvalue weighted by Gasteiger charge is -2.19. The van der Waals surface area contributed by atoms with Crippen molar-refractivity contribution in [2.24, 2.45) is 0 Å². The smallest absolute Gasteiger partial charge is 0.306 e. The van der Waals surface area contributed by atoms with Crippen molar-refractivity contribution in [3.05, 3.63) is 0 Å². The fourth-order valence-electron chi connectivity index (χ4n) is 1.14. The van der Waals surface area contributed by atoms with Crippen LogP contribution in [0.1, 0.15) is 46.5 Å². The van der Waals surface area contributed by atoms with Gasteiger partial charge in [-0.1, -0.05) is 6.42 Å². The first-order valence-corrected chi connectivity index (χ1v) is 5.32. The van der Waals surface area contributed by atoms with E-state index in [0.29, 0.717) is 6.42 Å². The summed E-state index contributed by atoms with van der Waals surface area (Å²) in [5.41, 5.74) is -0.345. The number of carbonyl (C=O) groups excluding carboxylic acids is 1. The van der Waals surface area contributed by atoms with Crippen LogP contribution in [0.3, 0.4) is 0 Å². The Morgan fingerprint density at radius 1 is 1.21 bits per heavy atom. The lowest BCUT2D eigenvalue weighted by molar-refractivity contribution is -0.154. The van der Waals surface area contributed by atoms with Crippen molar-refractivity contribution in [2.75, 3.05) is 13.6 Å². The van der Waals surface area contributed by atoms with E-state index in [0.717, 1.165) is 25.8 Å². The number of hydrogen-bond acceptors (Lipinski definition) is 3. The second-order valence-corrected chi connectivity index (χ2v) is 4.50. The van der Waals surface area contributed by atoms with Crippen molar-refractivity contribution < 1.29 is 9.53 Å². The summed E-state index contributed by atoms with van der Waals surface area (Å²) in [6.07, 6.45) is 3.68. The van der Waals surface area contributed by atoms with Gasteiger partial charge in [-0.3, -0.25) is 4.79 Å². The molecule has 3 nitrogen and oxygen atoms in total. The molecule has 14 heavy (non-hydrogen) atoms. The van der Waals surface area contributed by atoms with E-state index in [9.17, 15) is 4.79 Å². The fraction of sp³-hybridized carbons (Fsp3) is 0.909. The third-order valence-electron chi connectivity index (χ3n) is 1.73. The summed E-state index contributed by atoms with van der Waals surface area (Å²) < 4.78 is 5.19. The standard InChI is InChI=1S/C11H23NO2/c1-11(2,3)14-10(13)8-6-5-7-9-12-4/h12H,5-9H2,1-4H3. The van der Waals surface area contributed by atoms with Crippen LogP contribution in [-0.2, 0) is 9.53 Å². The van der Waals surface area contributed by atoms with E-state index < -0.39 is 0 Å². The van der Waals surface area contributed by atoms with Crippen LogP contribution in [0, 0.1) is 0 Å². The highest BCUT2D eigenvalue weighted by Gasteiger charge is 2.15. The second-order valence-electron chi connectivity index (χ2n) is 4.50. The van der Waals surface area contributed by atoms with Crippen molar-refractivity contribution in [3.63, 3.8) is 0 Å². The van der Waals surface area contributed by atoms with Crippen LogP contribution in [0.5, 0.6) is 0 Å². The molecule has 3 heteroatoms. The quantitative estimate of drug-likeness (QED) is 0.528. The first-order chi connectivity index (χ1) is 6.45. The Balaban J connectivity index is 3.36. The van der Waals surface area contributed by atoms with E-state index in [1.54, 1.807) is 0 Å². The fourth-order valence-corrected chi connectivity index (χ4v) is 1.14. The molecule has 0 saturated carbocycles. The number of ether oxygens (including phenoxy) is 1. The minimum atomic E-state index is -0.345. The Labute approximate surface area is 87.2 Å². The minimum absolute atomic E-state index is 0.0815. The number of carbonyl (C=O) groups is 1. The van der Waals surface area contributed by atoms with Crippen LogP contribution in [0.25, 0.3) is 0 Å². The van der Waals surface area contributed by atoms with Gasteiger partial charge in [0.2, 0.25) is 0 Å². The first-order valence-electron chi connectivity index (χ1n) is 5.32. The van der Waals surface area contributed by atoms with Gasteiger partial charge in [-0.05, 0) is 47.2 Å². The Morgan fingerprint density at radius 3 is 2.36 bits per heavy atom. The molecule has 0 heterocycles. The summed E-state index contributed by atoms with van der Waals surface area (Å²) in [6, 6.07) is 0. The summed E-state index contributed by atoms with van der Waals surface area (Å²) in [7, 11) is 1.94. The van der Waals surface area contributed by atoms with Crippen LogP contribution in [0.2, 0.25) is 0 Å². The lowest BCUT2D eigenvalue weighted by atomic mass is 10.1. The highest BCUT2D eigenvalue weighted by atomic mass is 16.6. The molecule has 0 radical (unpaired) electrons. The molecular formula is C11H23NO2. The van der Waals surface area contributed by atoms with Gasteiger partial charge < -0.3 is 10.1 Å². The van der Waals surface area contributed by atoms with Gasteiger partial charge in [-0.2, -0.15) is 0 Å². The number of rotatable bonds is 6. The molecule has 0 unspecified atom stereocenters. The summed E-state index contributed by atoms with van der Waals surface area (Å²) in [4.78, 5) is 11.3. The van der Waals surface area contributed by atoms with Gasteiger partial charge in [-0.15, -0.1) is 0 Å². The molecule has 0 rings (SSSR count). The SMILES string of the molecule is CNCCCCCC(=O)OC(C)(C)C. The van der Waals surface area contributed by atoms with Gasteiger partial charge in [0.15, 0.2) is 0 Å². The number of esters is 1. The number of nitrogens with one attached hydrogen (secondary N) is 1. The summed E-state index contributed by atoms with van der Waals surface area (Å²) in [5.74, 6) is -0.0815. The predicted octanol–water partition coefficient (Wildman–Crippen LogP) is 2.11. The number of hydrogen-bond donors (Lipinski definition) is 1. The highest BCUT2D eigenvalue weighted by molar-refractivity contribution is 5.69. The molecule has 0 aromatic rings. The molecule has 0 aromatic heterocycles. The van der Waals surface area contributed by atoms with Gasteiger partial charge in [0, 0.05) is 6.42 Å². The van der Waals surface area contributed by atoms with Gasteiger partial charge in [-0.25, -0.2) is 0 Å². The molecule has 0 spiro atoms. The zero-order valence-corrected chi connectivity index (χ0v) is 9.85. The lowest BCUT2D eigenvalue weighted by Crippen LogP contribution is -2.23. The Kier molecular flexibility index (Phi) is 6.54. The summed E-state index contributed by atoms with van der Waals surface area (Å²) in [6.45, 7) is 6.71. The van der Waals surface area contributed by atoms with E-state index in [1.165, 1.54) is 0 Å². The van der Waals surface area contributed by atoms with Gasteiger partial charge in [0.25, 0.3) is 0 Å². The molecule has 84 valence electrons. The molecule has 0 amide bonds. The number of unbranched alkanes of at least 4 members (excludes halogenated alkanes) is 2. The summed E-state index contributed by atoms with van der Waals surface area (Å²) in [5, 5.41) is 3.08. The van der Waals surface area contributed by atoms with E-state index in [2.05, 4.69) is 5.32 Å². The zero-order valence-electron chi connectivity index (χ0n) is 9.85. The van der Waals surface area contributed by atoms with Gasteiger partial charge in [0.1, 0.15) is 5.60 Å². The predicted molar refractivity (Wildman–Crippen MR) is 58.2 cm³/mol. The highest BCUT2D eigenvalue weighted by Crippen LogP contribution is 2.10. The molecule has 0 saturated heterocycles. The van der Waals surface area contributed by atoms with Crippen LogP contribution in [-0.4, -0.2) is 25.2 Å². The maximum atomic E-state index is 11.3. The third-order valence-corrected chi connectivity index (χ3v) is 1.73. The van der Waals surface area contributed by atoms with Crippen LogP contribution in [0.4, 0.5) is 0 Å². The Bertz CT molecular complexity index is 161. The van der Waals surface area contributed by atoms with Crippen molar-refractivity contribution in [3.8, 4) is 0 Å². The van der Waals surface area contributed by atoms with Gasteiger partial charge >= 0.3 is 5.97 Å². The molecule has 0 bridgehead atoms. The Morgan fingerprint density at radius 2 is 1.86 bits per heavy atom. The normalized spacial score (nSPS) is 11.4. The minimum Gasteiger partial charge on any atom is -0.460 e. The largest absolute Gasteiger partial charge is 0.460 e. The molecule has 0 atom stereocenters. The summed E-state index contributed by atoms with van der Waals surface area (Å²) >= 11 is 0. The monoisotopic (exact) mass is 201 g/mol. The van der Waals surface area contributed by atoms with E-state index >= 15 is 0 Å². The second kappa shape index (κ2) is 6.82. The zero-order chi connectivity index (χ0) is 11.0. The maximum absolute atomic E-state index is 11.3. The van der Waals surface area contributed by atoms with E-state index in [-0.39, 0.29) is 11.6 Å². The van der Waals surface area contributed by atoms with Crippen molar-refractivity contribution in [1.29, 1.82) is 0 Å². The van der Waals surface area contributed by atoms with Crippen molar-refractivity contribution in [1.82, 2.24) is 5.32 Å². The molecule has 0 aliphatic rings. The average Bonchev–Trinajstić information content (AvgIpc) is 2.00. The van der Waals surface area contributed by atoms with Crippen molar-refractivity contribution in [2.45, 2.75) is 52.1 Å². The van der Waals surface area contributed by atoms with Crippen LogP contribution >= 0.6 is 0 Å². The molecular weight excluding hydrogens is 178 g/mol. The molecule has 1 N–H and O–H groups in total. The first kappa shape index (κ1) is 13.4. The van der Waals surface area contributed by atoms with Crippen molar-refractivity contribution >= 4 is 5.97 Å².